The molecule has 0 spiro atoms. The molecular formula is C59H41N3O. The Labute approximate surface area is 364 Å². The lowest BCUT2D eigenvalue weighted by Gasteiger charge is -2.18. The molecule has 0 aliphatic heterocycles. The highest BCUT2D eigenvalue weighted by atomic mass is 16.1. The zero-order valence-corrected chi connectivity index (χ0v) is 35.0. The fourth-order valence-corrected chi connectivity index (χ4v) is 9.82. The molecule has 12 aromatic rings. The summed E-state index contributed by atoms with van der Waals surface area (Å²) < 4.78 is 6.05. The molecule has 10 aromatic carbocycles. The second-order valence-electron chi connectivity index (χ2n) is 16.7. The van der Waals surface area contributed by atoms with Gasteiger partial charge in [0.15, 0.2) is 0 Å². The van der Waals surface area contributed by atoms with Gasteiger partial charge in [-0.15, -0.1) is 0 Å². The summed E-state index contributed by atoms with van der Waals surface area (Å²) in [5.41, 5.74) is 16.3. The first-order valence-corrected chi connectivity index (χ1v) is 21.5. The van der Waals surface area contributed by atoms with E-state index in [-0.39, 0.29) is 5.69 Å². The quantitative estimate of drug-likeness (QED) is 0.154. The van der Waals surface area contributed by atoms with Crippen LogP contribution < -0.4 is 5.69 Å². The Balaban J connectivity index is 1.04. The highest BCUT2D eigenvalue weighted by Gasteiger charge is 2.21. The number of fused-ring (bicyclic) bond motifs is 6. The fraction of sp³-hybridized carbons (Fsp3) is 0.0339. The second-order valence-corrected chi connectivity index (χ2v) is 16.7. The number of imidazole rings is 1. The number of rotatable bonds is 6. The fourth-order valence-electron chi connectivity index (χ4n) is 9.82. The molecule has 0 atom stereocenters. The number of nitrogens with zero attached hydrogens (tertiary/aromatic N) is 3. The molecule has 4 nitrogen and oxygen atoms in total. The maximum absolute atomic E-state index is 14.2. The summed E-state index contributed by atoms with van der Waals surface area (Å²) in [6, 6.07) is 75.6. The summed E-state index contributed by atoms with van der Waals surface area (Å²) in [6.45, 7) is 4.28. The van der Waals surface area contributed by atoms with E-state index < -0.39 is 0 Å². The zero-order chi connectivity index (χ0) is 42.2. The molecule has 0 aliphatic carbocycles. The molecule has 298 valence electrons. The van der Waals surface area contributed by atoms with E-state index in [4.69, 9.17) is 0 Å². The van der Waals surface area contributed by atoms with Crippen molar-refractivity contribution in [2.45, 2.75) is 13.8 Å². The number of hydrogen-bond donors (Lipinski definition) is 0. The van der Waals surface area contributed by atoms with Gasteiger partial charge in [0.25, 0.3) is 0 Å². The number of aryl methyl sites for hydroxylation is 2. The molecule has 2 heterocycles. The van der Waals surface area contributed by atoms with Crippen molar-refractivity contribution in [3.05, 3.63) is 234 Å². The first kappa shape index (κ1) is 36.6. The van der Waals surface area contributed by atoms with E-state index in [9.17, 15) is 4.79 Å². The van der Waals surface area contributed by atoms with Crippen molar-refractivity contribution in [2.75, 3.05) is 0 Å². The van der Waals surface area contributed by atoms with Crippen LogP contribution in [0.4, 0.5) is 0 Å². The number of hydrogen-bond acceptors (Lipinski definition) is 1. The van der Waals surface area contributed by atoms with Crippen LogP contribution in [0.25, 0.3) is 105 Å². The summed E-state index contributed by atoms with van der Waals surface area (Å²) in [6.07, 6.45) is 0. The summed E-state index contributed by atoms with van der Waals surface area (Å²) in [7, 11) is 0. The predicted octanol–water partition coefficient (Wildman–Crippen LogP) is 14.8. The molecule has 4 heteroatoms. The molecule has 2 aromatic heterocycles. The third kappa shape index (κ3) is 5.87. The minimum atomic E-state index is -0.0968. The molecule has 0 aliphatic rings. The molecule has 0 unspecified atom stereocenters. The van der Waals surface area contributed by atoms with Crippen LogP contribution in [-0.2, 0) is 0 Å². The van der Waals surface area contributed by atoms with Crippen molar-refractivity contribution in [2.24, 2.45) is 0 Å². The lowest BCUT2D eigenvalue weighted by atomic mass is 9.86. The van der Waals surface area contributed by atoms with Gasteiger partial charge in [0.1, 0.15) is 0 Å². The first-order valence-electron chi connectivity index (χ1n) is 21.5. The Morgan fingerprint density at radius 2 is 0.667 bits per heavy atom. The molecule has 0 saturated heterocycles. The summed E-state index contributed by atoms with van der Waals surface area (Å²) in [4.78, 5) is 14.2. The molecular weight excluding hydrogens is 767 g/mol. The topological polar surface area (TPSA) is 31.9 Å². The molecule has 0 radical (unpaired) electrons. The Bertz CT molecular complexity index is 3740. The standard InChI is InChI=1S/C59H41N3O/c1-38-20-24-40(25-21-38)42-28-34-47-48-35-29-43(37-56(48)60(55(47)36-42)45-30-22-39(2)23-31-45)58-51-16-8-6-14-49(51)57(50-15-7-9-17-52(50)58)41-26-32-46(33-27-41)62-54-19-11-10-18-53(54)61(59(62)63)44-12-4-3-5-13-44/h3-37H,1-2H3. The van der Waals surface area contributed by atoms with Crippen LogP contribution in [0.15, 0.2) is 217 Å². The number of benzene rings is 10. The zero-order valence-electron chi connectivity index (χ0n) is 35.0. The van der Waals surface area contributed by atoms with Gasteiger partial charge in [-0.2, -0.15) is 0 Å². The van der Waals surface area contributed by atoms with Gasteiger partial charge in [-0.05, 0) is 129 Å². The van der Waals surface area contributed by atoms with Gasteiger partial charge in [-0.1, -0.05) is 163 Å². The summed E-state index contributed by atoms with van der Waals surface area (Å²) in [5, 5.41) is 7.19. The average molecular weight is 808 g/mol. The SMILES string of the molecule is Cc1ccc(-c2ccc3c4ccc(-c5c6ccccc6c(-c6ccc(-n7c(=O)n(-c8ccccc8)c8ccccc87)cc6)c6ccccc56)cc4n(-c4ccc(C)cc4)c3c2)cc1. The van der Waals surface area contributed by atoms with Crippen molar-refractivity contribution in [3.8, 4) is 50.4 Å². The molecule has 63 heavy (non-hydrogen) atoms. The van der Waals surface area contributed by atoms with Crippen molar-refractivity contribution in [1.82, 2.24) is 13.7 Å². The third-order valence-corrected chi connectivity index (χ3v) is 12.8. The van der Waals surface area contributed by atoms with E-state index in [2.05, 4.69) is 176 Å². The molecule has 12 rings (SSSR count). The maximum Gasteiger partial charge on any atom is 0.338 e. The van der Waals surface area contributed by atoms with Crippen molar-refractivity contribution >= 4 is 54.4 Å². The largest absolute Gasteiger partial charge is 0.338 e. The van der Waals surface area contributed by atoms with Gasteiger partial charge in [-0.25, -0.2) is 4.79 Å². The van der Waals surface area contributed by atoms with Gasteiger partial charge in [0, 0.05) is 16.5 Å². The molecule has 0 bridgehead atoms. The number of aromatic nitrogens is 3. The van der Waals surface area contributed by atoms with E-state index in [1.807, 2.05) is 59.2 Å². The third-order valence-electron chi connectivity index (χ3n) is 12.8. The van der Waals surface area contributed by atoms with Crippen LogP contribution in [0.5, 0.6) is 0 Å². The highest BCUT2D eigenvalue weighted by Crippen LogP contribution is 2.45. The maximum atomic E-state index is 14.2. The molecule has 0 saturated carbocycles. The minimum Gasteiger partial charge on any atom is -0.309 e. The number of para-hydroxylation sites is 3. The van der Waals surface area contributed by atoms with Crippen LogP contribution in [0.2, 0.25) is 0 Å². The Morgan fingerprint density at radius 3 is 1.22 bits per heavy atom. The normalized spacial score (nSPS) is 11.7. The van der Waals surface area contributed by atoms with Crippen LogP contribution in [0.1, 0.15) is 11.1 Å². The highest BCUT2D eigenvalue weighted by molar-refractivity contribution is 6.22. The van der Waals surface area contributed by atoms with Crippen LogP contribution in [0, 0.1) is 13.8 Å². The lowest BCUT2D eigenvalue weighted by molar-refractivity contribution is 0.931. The Hall–Kier alpha value is -8.21. The van der Waals surface area contributed by atoms with Crippen LogP contribution in [-0.4, -0.2) is 13.7 Å². The van der Waals surface area contributed by atoms with E-state index in [1.54, 1.807) is 4.57 Å². The average Bonchev–Trinajstić information content (AvgIpc) is 3.81. The summed E-state index contributed by atoms with van der Waals surface area (Å²) in [5.74, 6) is 0. The van der Waals surface area contributed by atoms with Gasteiger partial charge in [-0.3, -0.25) is 9.13 Å². The lowest BCUT2D eigenvalue weighted by Crippen LogP contribution is -2.22. The molecule has 0 fully saturated rings. The van der Waals surface area contributed by atoms with Crippen LogP contribution >= 0.6 is 0 Å². The van der Waals surface area contributed by atoms with Crippen molar-refractivity contribution in [3.63, 3.8) is 0 Å². The Kier molecular flexibility index (Phi) is 8.41. The molecule has 0 N–H and O–H groups in total. The summed E-state index contributed by atoms with van der Waals surface area (Å²) >= 11 is 0. The minimum absolute atomic E-state index is 0.0968. The van der Waals surface area contributed by atoms with E-state index in [0.29, 0.717) is 0 Å². The van der Waals surface area contributed by atoms with Gasteiger partial charge >= 0.3 is 5.69 Å². The first-order chi connectivity index (χ1) is 31.0. The molecule has 0 amide bonds. The smallest absolute Gasteiger partial charge is 0.309 e. The van der Waals surface area contributed by atoms with Gasteiger partial charge in [0.2, 0.25) is 0 Å². The van der Waals surface area contributed by atoms with Crippen LogP contribution in [0.3, 0.4) is 0 Å². The Morgan fingerprint density at radius 1 is 0.286 bits per heavy atom. The van der Waals surface area contributed by atoms with E-state index >= 15 is 0 Å². The van der Waals surface area contributed by atoms with Gasteiger partial charge < -0.3 is 4.57 Å². The predicted molar refractivity (Wildman–Crippen MR) is 264 cm³/mol. The van der Waals surface area contributed by atoms with Crippen molar-refractivity contribution < 1.29 is 0 Å². The van der Waals surface area contributed by atoms with Gasteiger partial charge in [0.05, 0.1) is 33.4 Å². The van der Waals surface area contributed by atoms with E-state index in [0.717, 1.165) is 33.7 Å². The van der Waals surface area contributed by atoms with Crippen molar-refractivity contribution in [1.29, 1.82) is 0 Å². The monoisotopic (exact) mass is 807 g/mol. The second kappa shape index (κ2) is 14.5. The van der Waals surface area contributed by atoms with E-state index in [1.165, 1.54) is 82.3 Å².